The van der Waals surface area contributed by atoms with E-state index in [-0.39, 0.29) is 19.4 Å². The van der Waals surface area contributed by atoms with Gasteiger partial charge in [0.1, 0.15) is 23.4 Å². The molecule has 8 heteroatoms. The molecule has 3 aromatic heterocycles. The Hall–Kier alpha value is -2.32. The maximum Gasteiger partial charge on any atom is 0.229 e. The Bertz CT molecular complexity index is 896. The first-order valence-electron chi connectivity index (χ1n) is 8.32. The van der Waals surface area contributed by atoms with Gasteiger partial charge in [-0.25, -0.2) is 15.0 Å². The van der Waals surface area contributed by atoms with Crippen LogP contribution in [0.2, 0.25) is 0 Å². The van der Waals surface area contributed by atoms with Gasteiger partial charge in [-0.15, -0.1) is 11.3 Å². The predicted octanol–water partition coefficient (Wildman–Crippen LogP) is 3.47. The summed E-state index contributed by atoms with van der Waals surface area (Å²) in [6.07, 6.45) is 7.25. The Labute approximate surface area is 150 Å². The lowest BCUT2D eigenvalue weighted by atomic mass is 9.86. The fourth-order valence-corrected chi connectivity index (χ4v) is 4.02. The zero-order valence-corrected chi connectivity index (χ0v) is 14.7. The van der Waals surface area contributed by atoms with Crippen LogP contribution in [0, 0.1) is 5.92 Å². The highest BCUT2D eigenvalue weighted by Crippen LogP contribution is 2.30. The minimum absolute atomic E-state index is 0. The Morgan fingerprint density at radius 3 is 3.24 bits per heavy atom. The number of anilines is 1. The fraction of sp³-hybridized carbons (Fsp3) is 0.412. The lowest BCUT2D eigenvalue weighted by Crippen LogP contribution is -2.30. The molecule has 2 unspecified atom stereocenters. The van der Waals surface area contributed by atoms with Gasteiger partial charge >= 0.3 is 0 Å². The number of carbonyl (C=O) groups excluding carboxylic acids is 1. The molecule has 2 N–H and O–H groups in total. The number of aromatic nitrogens is 4. The van der Waals surface area contributed by atoms with E-state index in [1.807, 2.05) is 17.6 Å². The number of H-pyrrole nitrogens is 1. The Morgan fingerprint density at radius 2 is 2.36 bits per heavy atom. The minimum atomic E-state index is -0.0125. The molecule has 2 atom stereocenters. The van der Waals surface area contributed by atoms with Gasteiger partial charge in [-0.2, -0.15) is 0 Å². The number of hydrogen-bond donors (Lipinski definition) is 2. The molecule has 3 aromatic rings. The highest BCUT2D eigenvalue weighted by Gasteiger charge is 2.27. The normalized spacial score (nSPS) is 20.7. The van der Waals surface area contributed by atoms with Crippen LogP contribution in [-0.2, 0) is 9.53 Å². The smallest absolute Gasteiger partial charge is 0.229 e. The Balaban J connectivity index is 0.00000196. The molecule has 132 valence electrons. The minimum Gasteiger partial charge on any atom is -0.381 e. The molecule has 1 aliphatic rings. The molecule has 0 radical (unpaired) electrons. The van der Waals surface area contributed by atoms with Crippen molar-refractivity contribution in [3.8, 4) is 11.4 Å². The quantitative estimate of drug-likeness (QED) is 0.744. The van der Waals surface area contributed by atoms with Crippen LogP contribution in [0.1, 0.15) is 27.1 Å². The zero-order valence-electron chi connectivity index (χ0n) is 13.9. The van der Waals surface area contributed by atoms with E-state index >= 15 is 0 Å². The molecule has 1 fully saturated rings. The number of fused-ring (bicyclic) bond motifs is 1. The largest absolute Gasteiger partial charge is 0.381 e. The van der Waals surface area contributed by atoms with Crippen LogP contribution in [0.4, 0.5) is 5.13 Å². The predicted molar refractivity (Wildman–Crippen MR) is 98.5 cm³/mol. The first-order chi connectivity index (χ1) is 12.2. The van der Waals surface area contributed by atoms with Gasteiger partial charge in [0, 0.05) is 31.4 Å². The number of carbonyl (C=O) groups is 1. The van der Waals surface area contributed by atoms with Gasteiger partial charge in [-0.3, -0.25) is 4.79 Å². The molecule has 1 aliphatic carbocycles. The number of methoxy groups -OCH3 is 1. The summed E-state index contributed by atoms with van der Waals surface area (Å²) in [5.41, 5.74) is 2.28. The van der Waals surface area contributed by atoms with Crippen molar-refractivity contribution in [3.05, 3.63) is 24.0 Å². The van der Waals surface area contributed by atoms with Crippen molar-refractivity contribution in [1.29, 1.82) is 0 Å². The molecule has 0 saturated heterocycles. The molecular weight excluding hydrogens is 338 g/mol. The molecule has 4 rings (SSSR count). The standard InChI is InChI=1S/C17H19N5O2S.H2/c1-24-11-4-2-3-10(7-11)16(23)22-17-21-13(8-25-17)14-12-5-6-18-15(12)20-9-19-14;/h5-6,8-11H,2-4,7H2,1H3,(H,18,19,20)(H,21,22,23);1H. The number of ether oxygens (including phenoxy) is 1. The lowest BCUT2D eigenvalue weighted by molar-refractivity contribution is -0.122. The summed E-state index contributed by atoms with van der Waals surface area (Å²) >= 11 is 1.41. The van der Waals surface area contributed by atoms with Crippen molar-refractivity contribution in [3.63, 3.8) is 0 Å². The molecule has 7 nitrogen and oxygen atoms in total. The average molecular weight is 359 g/mol. The van der Waals surface area contributed by atoms with Gasteiger partial charge in [0.2, 0.25) is 5.91 Å². The topological polar surface area (TPSA) is 92.8 Å². The van der Waals surface area contributed by atoms with Crippen LogP contribution < -0.4 is 5.32 Å². The monoisotopic (exact) mass is 359 g/mol. The molecule has 0 spiro atoms. The van der Waals surface area contributed by atoms with Crippen LogP contribution in [0.25, 0.3) is 22.4 Å². The molecule has 0 aliphatic heterocycles. The van der Waals surface area contributed by atoms with Crippen molar-refractivity contribution in [1.82, 2.24) is 19.9 Å². The van der Waals surface area contributed by atoms with E-state index < -0.39 is 0 Å². The van der Waals surface area contributed by atoms with E-state index in [4.69, 9.17) is 4.74 Å². The number of nitrogens with one attached hydrogen (secondary N) is 2. The summed E-state index contributed by atoms with van der Waals surface area (Å²) in [6, 6.07) is 1.93. The molecule has 0 bridgehead atoms. The number of rotatable bonds is 4. The summed E-state index contributed by atoms with van der Waals surface area (Å²) < 4.78 is 5.41. The highest BCUT2D eigenvalue weighted by molar-refractivity contribution is 7.14. The Kier molecular flexibility index (Phi) is 4.46. The number of aromatic amines is 1. The summed E-state index contributed by atoms with van der Waals surface area (Å²) in [4.78, 5) is 28.6. The second-order valence-electron chi connectivity index (χ2n) is 6.21. The summed E-state index contributed by atoms with van der Waals surface area (Å²) in [6.45, 7) is 0. The van der Waals surface area contributed by atoms with Crippen molar-refractivity contribution in [2.75, 3.05) is 12.4 Å². The van der Waals surface area contributed by atoms with E-state index in [1.54, 1.807) is 7.11 Å². The first kappa shape index (κ1) is 16.2. The van der Waals surface area contributed by atoms with Crippen molar-refractivity contribution >= 4 is 33.4 Å². The highest BCUT2D eigenvalue weighted by atomic mass is 32.1. The molecule has 0 aromatic carbocycles. The molecule has 1 amide bonds. The van der Waals surface area contributed by atoms with Crippen molar-refractivity contribution in [2.45, 2.75) is 31.8 Å². The molecule has 25 heavy (non-hydrogen) atoms. The van der Waals surface area contributed by atoms with Crippen LogP contribution in [0.3, 0.4) is 0 Å². The molecule has 1 saturated carbocycles. The third-order valence-electron chi connectivity index (χ3n) is 4.66. The van der Waals surface area contributed by atoms with Gasteiger partial charge < -0.3 is 15.0 Å². The third-order valence-corrected chi connectivity index (χ3v) is 5.42. The third kappa shape index (κ3) is 3.27. The zero-order chi connectivity index (χ0) is 17.2. The van der Waals surface area contributed by atoms with Crippen LogP contribution in [-0.4, -0.2) is 39.1 Å². The van der Waals surface area contributed by atoms with Gasteiger partial charge in [0.25, 0.3) is 0 Å². The van der Waals surface area contributed by atoms with Crippen LogP contribution >= 0.6 is 11.3 Å². The second kappa shape index (κ2) is 6.89. The average Bonchev–Trinajstić information content (AvgIpc) is 3.30. The van der Waals surface area contributed by atoms with E-state index in [2.05, 4.69) is 25.3 Å². The second-order valence-corrected chi connectivity index (χ2v) is 7.07. The number of amides is 1. The van der Waals surface area contributed by atoms with Gasteiger partial charge in [0.15, 0.2) is 5.13 Å². The van der Waals surface area contributed by atoms with Crippen LogP contribution in [0.15, 0.2) is 24.0 Å². The number of nitrogens with zero attached hydrogens (tertiary/aromatic N) is 3. The first-order valence-corrected chi connectivity index (χ1v) is 9.20. The van der Waals surface area contributed by atoms with E-state index in [0.717, 1.165) is 48.1 Å². The van der Waals surface area contributed by atoms with Gasteiger partial charge in [-0.05, 0) is 25.3 Å². The van der Waals surface area contributed by atoms with Gasteiger partial charge in [-0.1, -0.05) is 6.42 Å². The molecule has 3 heterocycles. The Morgan fingerprint density at radius 1 is 1.44 bits per heavy atom. The van der Waals surface area contributed by atoms with Crippen molar-refractivity contribution < 1.29 is 11.0 Å². The van der Waals surface area contributed by atoms with E-state index in [9.17, 15) is 4.79 Å². The fourth-order valence-electron chi connectivity index (χ4n) is 3.32. The summed E-state index contributed by atoms with van der Waals surface area (Å²) in [7, 11) is 1.71. The summed E-state index contributed by atoms with van der Waals surface area (Å²) in [5, 5.41) is 6.37. The van der Waals surface area contributed by atoms with Crippen molar-refractivity contribution in [2.24, 2.45) is 5.92 Å². The van der Waals surface area contributed by atoms with Crippen LogP contribution in [0.5, 0.6) is 0 Å². The SMILES string of the molecule is COC1CCCC(C(=O)Nc2nc(-c3ncnc4[nH]ccc34)cs2)C1.[HH]. The maximum absolute atomic E-state index is 12.5. The van der Waals surface area contributed by atoms with E-state index in [1.165, 1.54) is 17.7 Å². The van der Waals surface area contributed by atoms with Gasteiger partial charge in [0.05, 0.1) is 6.10 Å². The lowest BCUT2D eigenvalue weighted by Gasteiger charge is -2.26. The van der Waals surface area contributed by atoms with E-state index in [0.29, 0.717) is 5.13 Å². The maximum atomic E-state index is 12.5. The summed E-state index contributed by atoms with van der Waals surface area (Å²) in [5.74, 6) is 0.0126. The number of hydrogen-bond acceptors (Lipinski definition) is 6. The molecular formula is C17H21N5O2S. The number of thiazole rings is 1.